The Labute approximate surface area is 189 Å². The van der Waals surface area contributed by atoms with E-state index >= 15 is 0 Å². The van der Waals surface area contributed by atoms with Crippen LogP contribution in [0.2, 0.25) is 0 Å². The molecule has 2 atom stereocenters. The average molecular weight is 411 g/mol. The average Bonchev–Trinajstić information content (AvgIpc) is 2.66. The van der Waals surface area contributed by atoms with Gasteiger partial charge in [0, 0.05) is 5.41 Å². The molecule has 2 unspecified atom stereocenters. The second-order valence-electron chi connectivity index (χ2n) is 9.90. The van der Waals surface area contributed by atoms with Gasteiger partial charge < -0.3 is 0 Å². The van der Waals surface area contributed by atoms with Crippen molar-refractivity contribution in [3.8, 4) is 0 Å². The van der Waals surface area contributed by atoms with Gasteiger partial charge in [-0.25, -0.2) is 0 Å². The van der Waals surface area contributed by atoms with Crippen LogP contribution in [0.25, 0.3) is 0 Å². The van der Waals surface area contributed by atoms with Crippen molar-refractivity contribution in [3.05, 3.63) is 71.4 Å². The third-order valence-corrected chi connectivity index (χ3v) is 5.74. The molecule has 0 saturated heterocycles. The molecule has 0 amide bonds. The van der Waals surface area contributed by atoms with E-state index in [1.807, 2.05) is 0 Å². The molecule has 0 bridgehead atoms. The molecule has 170 valence electrons. The normalized spacial score (nSPS) is 15.6. The molecule has 0 radical (unpaired) electrons. The Morgan fingerprint density at radius 3 is 1.73 bits per heavy atom. The van der Waals surface area contributed by atoms with Crippen LogP contribution in [0, 0.1) is 11.3 Å². The molecule has 0 aromatic carbocycles. The summed E-state index contributed by atoms with van der Waals surface area (Å²) in [4.78, 5) is 0. The molecular weight excluding hydrogens is 360 g/mol. The highest BCUT2D eigenvalue weighted by Gasteiger charge is 2.15. The van der Waals surface area contributed by atoms with Crippen LogP contribution in [-0.4, -0.2) is 0 Å². The largest absolute Gasteiger partial charge is 0.102 e. The molecule has 0 spiro atoms. The van der Waals surface area contributed by atoms with Crippen molar-refractivity contribution >= 4 is 0 Å². The molecule has 0 aromatic rings. The van der Waals surface area contributed by atoms with Crippen molar-refractivity contribution in [2.45, 2.75) is 107 Å². The summed E-state index contributed by atoms with van der Waals surface area (Å²) in [6, 6.07) is 0. The first-order valence-corrected chi connectivity index (χ1v) is 12.0. The Morgan fingerprint density at radius 1 is 0.767 bits per heavy atom. The van der Waals surface area contributed by atoms with Gasteiger partial charge in [0.05, 0.1) is 0 Å². The van der Waals surface area contributed by atoms with Crippen molar-refractivity contribution in [1.82, 2.24) is 0 Å². The number of allylic oxidation sites excluding steroid dienone is 11. The number of hydrogen-bond acceptors (Lipinski definition) is 0. The van der Waals surface area contributed by atoms with Crippen molar-refractivity contribution in [2.75, 3.05) is 0 Å². The molecule has 0 heteroatoms. The van der Waals surface area contributed by atoms with Gasteiger partial charge >= 0.3 is 0 Å². The maximum Gasteiger partial charge on any atom is 0.00330 e. The van der Waals surface area contributed by atoms with Gasteiger partial charge in [-0.2, -0.15) is 0 Å². The van der Waals surface area contributed by atoms with E-state index in [0.29, 0.717) is 5.92 Å². The van der Waals surface area contributed by atoms with Gasteiger partial charge in [-0.15, -0.1) is 6.58 Å². The van der Waals surface area contributed by atoms with Gasteiger partial charge in [-0.1, -0.05) is 78.7 Å². The molecule has 0 N–H and O–H groups in total. The van der Waals surface area contributed by atoms with E-state index in [-0.39, 0.29) is 5.41 Å². The molecule has 0 rings (SSSR count). The van der Waals surface area contributed by atoms with E-state index in [1.54, 1.807) is 0 Å². The Balaban J connectivity index is 4.45. The van der Waals surface area contributed by atoms with Crippen molar-refractivity contribution in [2.24, 2.45) is 11.3 Å². The lowest BCUT2D eigenvalue weighted by Gasteiger charge is -2.21. The third-order valence-electron chi connectivity index (χ3n) is 5.74. The van der Waals surface area contributed by atoms with Gasteiger partial charge in [0.2, 0.25) is 0 Å². The first-order chi connectivity index (χ1) is 14.1. The van der Waals surface area contributed by atoms with E-state index < -0.39 is 0 Å². The Morgan fingerprint density at radius 2 is 1.27 bits per heavy atom. The number of hydrogen-bond donors (Lipinski definition) is 0. The topological polar surface area (TPSA) is 0 Å². The summed E-state index contributed by atoms with van der Waals surface area (Å²) in [6.07, 6.45) is 25.7. The van der Waals surface area contributed by atoms with E-state index in [4.69, 9.17) is 0 Å². The summed E-state index contributed by atoms with van der Waals surface area (Å²) >= 11 is 0. The molecule has 0 nitrogen and oxygen atoms in total. The van der Waals surface area contributed by atoms with Crippen LogP contribution in [0.1, 0.15) is 107 Å². The molecular formula is C30H50. The molecule has 0 aliphatic rings. The van der Waals surface area contributed by atoms with Crippen LogP contribution in [0.15, 0.2) is 71.4 Å². The lowest BCUT2D eigenvalue weighted by molar-refractivity contribution is 0.499. The molecule has 30 heavy (non-hydrogen) atoms. The van der Waals surface area contributed by atoms with E-state index in [0.717, 1.165) is 19.3 Å². The van der Waals surface area contributed by atoms with Crippen molar-refractivity contribution in [1.29, 1.82) is 0 Å². The van der Waals surface area contributed by atoms with Gasteiger partial charge in [0.25, 0.3) is 0 Å². The molecule has 0 aliphatic heterocycles. The van der Waals surface area contributed by atoms with Gasteiger partial charge in [-0.05, 0) is 98.8 Å². The standard InChI is InChI=1S/C30H50/c1-10-30(9,23-14-21-28(7)18-12-16-26(4)5)24-22-29(8)20-13-19-27(6)17-11-15-25(2)3/h10,15-16,19,21-22,24,29H,1,11-14,17-18,20,23H2,2-9H3. The van der Waals surface area contributed by atoms with Crippen LogP contribution in [-0.2, 0) is 0 Å². The van der Waals surface area contributed by atoms with Crippen molar-refractivity contribution in [3.63, 3.8) is 0 Å². The van der Waals surface area contributed by atoms with Gasteiger partial charge in [0.1, 0.15) is 0 Å². The molecule has 0 fully saturated rings. The Kier molecular flexibility index (Phi) is 15.3. The minimum absolute atomic E-state index is 0.0844. The molecule has 0 aliphatic carbocycles. The molecule has 0 aromatic heterocycles. The summed E-state index contributed by atoms with van der Waals surface area (Å²) in [5.74, 6) is 0.604. The summed E-state index contributed by atoms with van der Waals surface area (Å²) in [5, 5.41) is 0. The fourth-order valence-corrected chi connectivity index (χ4v) is 3.34. The zero-order valence-corrected chi connectivity index (χ0v) is 21.5. The van der Waals surface area contributed by atoms with E-state index in [1.165, 1.54) is 54.4 Å². The van der Waals surface area contributed by atoms with Crippen LogP contribution >= 0.6 is 0 Å². The first-order valence-electron chi connectivity index (χ1n) is 12.0. The highest BCUT2D eigenvalue weighted by Crippen LogP contribution is 2.28. The highest BCUT2D eigenvalue weighted by atomic mass is 14.2. The predicted molar refractivity (Wildman–Crippen MR) is 140 cm³/mol. The molecule has 0 heterocycles. The van der Waals surface area contributed by atoms with Gasteiger partial charge in [-0.3, -0.25) is 0 Å². The maximum absolute atomic E-state index is 4.11. The smallest absolute Gasteiger partial charge is 0.00330 e. The fourth-order valence-electron chi connectivity index (χ4n) is 3.34. The first kappa shape index (κ1) is 28.4. The summed E-state index contributed by atoms with van der Waals surface area (Å²) in [6.45, 7) is 22.0. The SMILES string of the molecule is C=CC(C)(C=CC(C)CCC=C(C)CCC=C(C)C)CCC=C(C)CCC=C(C)C. The summed E-state index contributed by atoms with van der Waals surface area (Å²) < 4.78 is 0. The summed E-state index contributed by atoms with van der Waals surface area (Å²) in [5.41, 5.74) is 5.94. The predicted octanol–water partition coefficient (Wildman–Crippen LogP) is 10.3. The Bertz CT molecular complexity index is 627. The Hall–Kier alpha value is -1.56. The third kappa shape index (κ3) is 16.3. The second kappa shape index (κ2) is 16.2. The minimum Gasteiger partial charge on any atom is -0.102 e. The zero-order valence-electron chi connectivity index (χ0n) is 21.5. The quantitative estimate of drug-likeness (QED) is 0.235. The minimum atomic E-state index is 0.0844. The van der Waals surface area contributed by atoms with Crippen LogP contribution < -0.4 is 0 Å². The second-order valence-corrected chi connectivity index (χ2v) is 9.90. The van der Waals surface area contributed by atoms with Crippen molar-refractivity contribution < 1.29 is 0 Å². The van der Waals surface area contributed by atoms with Gasteiger partial charge in [0.15, 0.2) is 0 Å². The summed E-state index contributed by atoms with van der Waals surface area (Å²) in [7, 11) is 0. The van der Waals surface area contributed by atoms with Crippen LogP contribution in [0.5, 0.6) is 0 Å². The zero-order chi connectivity index (χ0) is 23.0. The monoisotopic (exact) mass is 410 g/mol. The fraction of sp³-hybridized carbons (Fsp3) is 0.600. The number of rotatable bonds is 15. The van der Waals surface area contributed by atoms with E-state index in [2.05, 4.69) is 105 Å². The van der Waals surface area contributed by atoms with Crippen LogP contribution in [0.3, 0.4) is 0 Å². The molecule has 0 saturated carbocycles. The van der Waals surface area contributed by atoms with Crippen LogP contribution in [0.4, 0.5) is 0 Å². The lowest BCUT2D eigenvalue weighted by atomic mass is 9.83. The maximum atomic E-state index is 4.11. The highest BCUT2D eigenvalue weighted by molar-refractivity contribution is 5.10. The lowest BCUT2D eigenvalue weighted by Crippen LogP contribution is -2.09. The van der Waals surface area contributed by atoms with E-state index in [9.17, 15) is 0 Å².